The Bertz CT molecular complexity index is 388. The van der Waals surface area contributed by atoms with Crippen LogP contribution in [0.1, 0.15) is 24.8 Å². The predicted octanol–water partition coefficient (Wildman–Crippen LogP) is 1.15. The zero-order chi connectivity index (χ0) is 13.5. The highest BCUT2D eigenvalue weighted by molar-refractivity contribution is 5.82. The van der Waals surface area contributed by atoms with E-state index in [1.807, 2.05) is 35.2 Å². The number of amides is 1. The molecule has 2 N–H and O–H groups in total. The third-order valence-electron chi connectivity index (χ3n) is 3.59. The first-order valence-corrected chi connectivity index (χ1v) is 6.98. The molecule has 1 saturated heterocycles. The van der Waals surface area contributed by atoms with Crippen molar-refractivity contribution in [3.05, 3.63) is 35.9 Å². The van der Waals surface area contributed by atoms with Crippen molar-refractivity contribution in [2.45, 2.75) is 31.7 Å². The van der Waals surface area contributed by atoms with Crippen LogP contribution in [0.15, 0.2) is 30.3 Å². The fourth-order valence-corrected chi connectivity index (χ4v) is 2.54. The van der Waals surface area contributed by atoms with Gasteiger partial charge in [0.2, 0.25) is 5.91 Å². The van der Waals surface area contributed by atoms with Crippen LogP contribution in [0.25, 0.3) is 0 Å². The van der Waals surface area contributed by atoms with E-state index in [9.17, 15) is 4.79 Å². The Morgan fingerprint density at radius 3 is 2.53 bits per heavy atom. The first-order valence-electron chi connectivity index (χ1n) is 6.98. The number of nitrogens with zero attached hydrogens (tertiary/aromatic N) is 1. The summed E-state index contributed by atoms with van der Waals surface area (Å²) in [6.45, 7) is 1.52. The van der Waals surface area contributed by atoms with Crippen LogP contribution in [0.5, 0.6) is 0 Å². The van der Waals surface area contributed by atoms with E-state index in [1.54, 1.807) is 0 Å². The van der Waals surface area contributed by atoms with Crippen molar-refractivity contribution in [3.8, 4) is 0 Å². The number of carbonyl (C=O) groups excluding carboxylic acids is 1. The number of carbonyl (C=O) groups is 1. The largest absolute Gasteiger partial charge is 0.381 e. The van der Waals surface area contributed by atoms with Crippen LogP contribution in [0, 0.1) is 0 Å². The molecule has 2 rings (SSSR count). The van der Waals surface area contributed by atoms with Crippen LogP contribution in [0.2, 0.25) is 0 Å². The minimum Gasteiger partial charge on any atom is -0.381 e. The van der Waals surface area contributed by atoms with E-state index >= 15 is 0 Å². The minimum atomic E-state index is -0.328. The molecule has 0 bridgehead atoms. The van der Waals surface area contributed by atoms with Gasteiger partial charge in [-0.15, -0.1) is 0 Å². The molecule has 4 nitrogen and oxygen atoms in total. The highest BCUT2D eigenvalue weighted by Gasteiger charge is 2.25. The fraction of sp³-hybridized carbons (Fsp3) is 0.533. The van der Waals surface area contributed by atoms with Gasteiger partial charge in [0.25, 0.3) is 0 Å². The summed E-state index contributed by atoms with van der Waals surface area (Å²) >= 11 is 0. The summed E-state index contributed by atoms with van der Waals surface area (Å²) in [6.07, 6.45) is 4.00. The van der Waals surface area contributed by atoms with Crippen molar-refractivity contribution >= 4 is 5.91 Å². The normalized spacial score (nSPS) is 17.2. The SMILES string of the molecule is O=C([C@H](Cc1ccccc1)NCO)N1CCCCC1. The molecular formula is C15H22N2O2. The Hall–Kier alpha value is -1.39. The lowest BCUT2D eigenvalue weighted by Gasteiger charge is -2.30. The smallest absolute Gasteiger partial charge is 0.240 e. The molecule has 0 unspecified atom stereocenters. The maximum atomic E-state index is 12.4. The fourth-order valence-electron chi connectivity index (χ4n) is 2.54. The van der Waals surface area contributed by atoms with Gasteiger partial charge in [-0.3, -0.25) is 10.1 Å². The quantitative estimate of drug-likeness (QED) is 0.783. The third kappa shape index (κ3) is 4.04. The topological polar surface area (TPSA) is 52.6 Å². The Morgan fingerprint density at radius 2 is 1.89 bits per heavy atom. The van der Waals surface area contributed by atoms with Crippen LogP contribution >= 0.6 is 0 Å². The monoisotopic (exact) mass is 262 g/mol. The average molecular weight is 262 g/mol. The molecule has 1 atom stereocenters. The number of piperidine rings is 1. The molecule has 1 heterocycles. The van der Waals surface area contributed by atoms with Gasteiger partial charge in [-0.1, -0.05) is 30.3 Å². The van der Waals surface area contributed by atoms with Gasteiger partial charge in [-0.05, 0) is 31.2 Å². The van der Waals surface area contributed by atoms with E-state index in [4.69, 9.17) is 5.11 Å². The second-order valence-corrected chi connectivity index (χ2v) is 4.99. The molecule has 1 aliphatic heterocycles. The molecule has 0 aromatic heterocycles. The van der Waals surface area contributed by atoms with Crippen LogP contribution in [-0.2, 0) is 11.2 Å². The number of hydrogen-bond donors (Lipinski definition) is 2. The summed E-state index contributed by atoms with van der Waals surface area (Å²) in [5, 5.41) is 12.0. The lowest BCUT2D eigenvalue weighted by Crippen LogP contribution is -2.49. The summed E-state index contributed by atoms with van der Waals surface area (Å²) in [4.78, 5) is 14.4. The van der Waals surface area contributed by atoms with Gasteiger partial charge in [-0.25, -0.2) is 0 Å². The number of benzene rings is 1. The summed E-state index contributed by atoms with van der Waals surface area (Å²) in [5.41, 5.74) is 1.11. The first kappa shape index (κ1) is 14.0. The lowest BCUT2D eigenvalue weighted by molar-refractivity contribution is -0.134. The van der Waals surface area contributed by atoms with E-state index in [0.29, 0.717) is 6.42 Å². The predicted molar refractivity (Wildman–Crippen MR) is 74.6 cm³/mol. The van der Waals surface area contributed by atoms with Crippen LogP contribution in [0.3, 0.4) is 0 Å². The molecule has 0 spiro atoms. The number of aliphatic hydroxyl groups excluding tert-OH is 1. The van der Waals surface area contributed by atoms with Gasteiger partial charge >= 0.3 is 0 Å². The maximum absolute atomic E-state index is 12.4. The molecule has 4 heteroatoms. The second kappa shape index (κ2) is 7.26. The van der Waals surface area contributed by atoms with E-state index in [-0.39, 0.29) is 18.7 Å². The summed E-state index contributed by atoms with van der Waals surface area (Å²) in [7, 11) is 0. The number of rotatable bonds is 5. The third-order valence-corrected chi connectivity index (χ3v) is 3.59. The maximum Gasteiger partial charge on any atom is 0.240 e. The molecule has 0 aliphatic carbocycles. The molecule has 1 aromatic carbocycles. The van der Waals surface area contributed by atoms with Gasteiger partial charge in [0, 0.05) is 13.1 Å². The highest BCUT2D eigenvalue weighted by Crippen LogP contribution is 2.12. The van der Waals surface area contributed by atoms with E-state index in [1.165, 1.54) is 6.42 Å². The van der Waals surface area contributed by atoms with E-state index < -0.39 is 0 Å². The molecule has 1 aliphatic rings. The Morgan fingerprint density at radius 1 is 1.21 bits per heavy atom. The van der Waals surface area contributed by atoms with Gasteiger partial charge in [0.15, 0.2) is 0 Å². The molecule has 0 saturated carbocycles. The molecule has 0 radical (unpaired) electrons. The van der Waals surface area contributed by atoms with E-state index in [2.05, 4.69) is 5.32 Å². The molecular weight excluding hydrogens is 240 g/mol. The van der Waals surface area contributed by atoms with Gasteiger partial charge < -0.3 is 10.0 Å². The zero-order valence-corrected chi connectivity index (χ0v) is 11.2. The summed E-state index contributed by atoms with van der Waals surface area (Å²) in [5.74, 6) is 0.109. The number of hydrogen-bond acceptors (Lipinski definition) is 3. The molecule has 1 aromatic rings. The Kier molecular flexibility index (Phi) is 5.36. The van der Waals surface area contributed by atoms with Gasteiger partial charge in [0.05, 0.1) is 12.8 Å². The summed E-state index contributed by atoms with van der Waals surface area (Å²) < 4.78 is 0. The molecule has 1 fully saturated rings. The van der Waals surface area contributed by atoms with Crippen molar-refractivity contribution < 1.29 is 9.90 Å². The molecule has 19 heavy (non-hydrogen) atoms. The zero-order valence-electron chi connectivity index (χ0n) is 11.2. The van der Waals surface area contributed by atoms with Crippen molar-refractivity contribution in [1.82, 2.24) is 10.2 Å². The van der Waals surface area contributed by atoms with Gasteiger partial charge in [0.1, 0.15) is 0 Å². The first-order chi connectivity index (χ1) is 9.31. The minimum absolute atomic E-state index is 0.109. The summed E-state index contributed by atoms with van der Waals surface area (Å²) in [6, 6.07) is 9.59. The average Bonchev–Trinajstić information content (AvgIpc) is 2.48. The lowest BCUT2D eigenvalue weighted by atomic mass is 10.0. The number of aliphatic hydroxyl groups is 1. The standard InChI is InChI=1S/C15H22N2O2/c18-12-16-14(11-13-7-3-1-4-8-13)15(19)17-9-5-2-6-10-17/h1,3-4,7-8,14,16,18H,2,5-6,9-12H2/t14-/m0/s1. The molecule has 104 valence electrons. The highest BCUT2D eigenvalue weighted by atomic mass is 16.3. The Labute approximate surface area is 114 Å². The van der Waals surface area contributed by atoms with Crippen molar-refractivity contribution in [3.63, 3.8) is 0 Å². The number of likely N-dealkylation sites (tertiary alicyclic amines) is 1. The van der Waals surface area contributed by atoms with Crippen molar-refractivity contribution in [1.29, 1.82) is 0 Å². The van der Waals surface area contributed by atoms with Crippen LogP contribution in [-0.4, -0.2) is 41.8 Å². The molecule has 1 amide bonds. The second-order valence-electron chi connectivity index (χ2n) is 4.99. The van der Waals surface area contributed by atoms with Crippen molar-refractivity contribution in [2.75, 3.05) is 19.8 Å². The van der Waals surface area contributed by atoms with Crippen molar-refractivity contribution in [2.24, 2.45) is 0 Å². The van der Waals surface area contributed by atoms with E-state index in [0.717, 1.165) is 31.5 Å². The number of nitrogens with one attached hydrogen (secondary N) is 1. The van der Waals surface area contributed by atoms with Crippen LogP contribution < -0.4 is 5.32 Å². The van der Waals surface area contributed by atoms with Crippen LogP contribution in [0.4, 0.5) is 0 Å². The van der Waals surface area contributed by atoms with Gasteiger partial charge in [-0.2, -0.15) is 0 Å². The Balaban J connectivity index is 2.00.